The van der Waals surface area contributed by atoms with E-state index in [1.54, 1.807) is 11.3 Å². The Hall–Kier alpha value is -1.46. The van der Waals surface area contributed by atoms with Crippen molar-refractivity contribution < 1.29 is 0 Å². The molecule has 3 aromatic rings. The lowest BCUT2D eigenvalue weighted by Crippen LogP contribution is -2.06. The first-order valence-corrected chi connectivity index (χ1v) is 6.99. The minimum Gasteiger partial charge on any atom is -0.330 e. The maximum absolute atomic E-state index is 5.61. The monoisotopic (exact) mass is 260 g/mol. The first-order valence-electron chi connectivity index (χ1n) is 6.17. The SMILES string of the molecule is CC(C)c1ccc2c(c1)sc1nnc(CCN)n12. The molecule has 3 rings (SSSR count). The van der Waals surface area contributed by atoms with Crippen LogP contribution in [0.4, 0.5) is 0 Å². The molecule has 5 heteroatoms. The Morgan fingerprint density at radius 1 is 1.33 bits per heavy atom. The highest BCUT2D eigenvalue weighted by atomic mass is 32.1. The van der Waals surface area contributed by atoms with Gasteiger partial charge < -0.3 is 5.73 Å². The van der Waals surface area contributed by atoms with Gasteiger partial charge in [-0.25, -0.2) is 0 Å². The molecule has 4 nitrogen and oxygen atoms in total. The molecule has 18 heavy (non-hydrogen) atoms. The molecular formula is C13H16N4S. The van der Waals surface area contributed by atoms with Gasteiger partial charge in [0, 0.05) is 6.42 Å². The maximum Gasteiger partial charge on any atom is 0.217 e. The van der Waals surface area contributed by atoms with Gasteiger partial charge in [0.05, 0.1) is 10.2 Å². The summed E-state index contributed by atoms with van der Waals surface area (Å²) in [6.45, 7) is 5.02. The average molecular weight is 260 g/mol. The van der Waals surface area contributed by atoms with Crippen molar-refractivity contribution in [3.05, 3.63) is 29.6 Å². The summed E-state index contributed by atoms with van der Waals surface area (Å²) in [5.74, 6) is 1.50. The number of fused-ring (bicyclic) bond motifs is 3. The van der Waals surface area contributed by atoms with E-state index >= 15 is 0 Å². The standard InChI is InChI=1S/C13H16N4S/c1-8(2)9-3-4-10-11(7-9)18-13-16-15-12(5-6-14)17(10)13/h3-4,7-8H,5-6,14H2,1-2H3. The van der Waals surface area contributed by atoms with Gasteiger partial charge in [-0.1, -0.05) is 31.3 Å². The average Bonchev–Trinajstić information content (AvgIpc) is 2.88. The van der Waals surface area contributed by atoms with E-state index in [2.05, 4.69) is 46.6 Å². The van der Waals surface area contributed by atoms with Crippen LogP contribution >= 0.6 is 11.3 Å². The molecule has 0 aliphatic rings. The topological polar surface area (TPSA) is 56.2 Å². The molecule has 0 atom stereocenters. The van der Waals surface area contributed by atoms with Crippen molar-refractivity contribution >= 4 is 26.5 Å². The Kier molecular flexibility index (Phi) is 2.80. The van der Waals surface area contributed by atoms with Crippen LogP contribution in [0.5, 0.6) is 0 Å². The van der Waals surface area contributed by atoms with Gasteiger partial charge in [0.2, 0.25) is 4.96 Å². The van der Waals surface area contributed by atoms with Crippen LogP contribution in [0.2, 0.25) is 0 Å². The predicted octanol–water partition coefficient (Wildman–Crippen LogP) is 2.57. The molecule has 0 saturated heterocycles. The smallest absolute Gasteiger partial charge is 0.217 e. The van der Waals surface area contributed by atoms with Crippen molar-refractivity contribution in [3.8, 4) is 0 Å². The molecule has 2 aromatic heterocycles. The van der Waals surface area contributed by atoms with E-state index in [9.17, 15) is 0 Å². The Morgan fingerprint density at radius 3 is 2.89 bits per heavy atom. The van der Waals surface area contributed by atoms with Crippen LogP contribution in [0.1, 0.15) is 31.2 Å². The molecule has 0 aliphatic heterocycles. The van der Waals surface area contributed by atoms with Gasteiger partial charge in [0.25, 0.3) is 0 Å². The second-order valence-corrected chi connectivity index (χ2v) is 5.77. The van der Waals surface area contributed by atoms with Crippen LogP contribution in [-0.4, -0.2) is 21.1 Å². The van der Waals surface area contributed by atoms with Gasteiger partial charge in [0.15, 0.2) is 0 Å². The lowest BCUT2D eigenvalue weighted by molar-refractivity contribution is 0.855. The van der Waals surface area contributed by atoms with E-state index in [0.29, 0.717) is 12.5 Å². The van der Waals surface area contributed by atoms with Gasteiger partial charge in [-0.05, 0) is 30.2 Å². The lowest BCUT2D eigenvalue weighted by Gasteiger charge is -2.04. The van der Waals surface area contributed by atoms with Crippen molar-refractivity contribution in [1.29, 1.82) is 0 Å². The van der Waals surface area contributed by atoms with Crippen LogP contribution in [0.3, 0.4) is 0 Å². The van der Waals surface area contributed by atoms with E-state index in [0.717, 1.165) is 17.2 Å². The van der Waals surface area contributed by atoms with Gasteiger partial charge in [-0.3, -0.25) is 4.40 Å². The number of thiazole rings is 1. The zero-order valence-corrected chi connectivity index (χ0v) is 11.4. The number of hydrogen-bond acceptors (Lipinski definition) is 4. The number of rotatable bonds is 3. The van der Waals surface area contributed by atoms with E-state index in [1.165, 1.54) is 15.8 Å². The maximum atomic E-state index is 5.61. The fraction of sp³-hybridized carbons (Fsp3) is 0.385. The summed E-state index contributed by atoms with van der Waals surface area (Å²) >= 11 is 1.69. The fourth-order valence-corrected chi connectivity index (χ4v) is 3.19. The summed E-state index contributed by atoms with van der Waals surface area (Å²) in [5.41, 5.74) is 8.16. The summed E-state index contributed by atoms with van der Waals surface area (Å²) in [6, 6.07) is 6.61. The van der Waals surface area contributed by atoms with Crippen LogP contribution < -0.4 is 5.73 Å². The van der Waals surface area contributed by atoms with Gasteiger partial charge in [-0.15, -0.1) is 10.2 Å². The third kappa shape index (κ3) is 1.71. The number of nitrogens with two attached hydrogens (primary N) is 1. The molecule has 2 heterocycles. The summed E-state index contributed by atoms with van der Waals surface area (Å²) in [6.07, 6.45) is 0.763. The molecular weight excluding hydrogens is 244 g/mol. The van der Waals surface area contributed by atoms with Gasteiger partial charge in [0.1, 0.15) is 5.82 Å². The summed E-state index contributed by atoms with van der Waals surface area (Å²) in [5, 5.41) is 8.42. The number of benzene rings is 1. The molecule has 0 aliphatic carbocycles. The van der Waals surface area contributed by atoms with E-state index in [1.807, 2.05) is 0 Å². The number of hydrogen-bond donors (Lipinski definition) is 1. The molecule has 0 unspecified atom stereocenters. The highest BCUT2D eigenvalue weighted by molar-refractivity contribution is 7.23. The van der Waals surface area contributed by atoms with Crippen molar-refractivity contribution in [2.24, 2.45) is 5.73 Å². The Balaban J connectivity index is 2.25. The molecule has 0 amide bonds. The number of nitrogens with zero attached hydrogens (tertiary/aromatic N) is 3. The second kappa shape index (κ2) is 4.33. The van der Waals surface area contributed by atoms with Crippen LogP contribution in [-0.2, 0) is 6.42 Å². The normalized spacial score (nSPS) is 12.0. The Morgan fingerprint density at radius 2 is 2.17 bits per heavy atom. The van der Waals surface area contributed by atoms with Crippen molar-refractivity contribution in [3.63, 3.8) is 0 Å². The zero-order valence-electron chi connectivity index (χ0n) is 10.6. The van der Waals surface area contributed by atoms with Crippen LogP contribution in [0.25, 0.3) is 15.2 Å². The highest BCUT2D eigenvalue weighted by Gasteiger charge is 2.12. The molecule has 0 saturated carbocycles. The third-order valence-corrected chi connectivity index (χ3v) is 4.15. The molecule has 1 aromatic carbocycles. The Bertz CT molecular complexity index is 695. The molecule has 0 bridgehead atoms. The predicted molar refractivity (Wildman–Crippen MR) is 75.2 cm³/mol. The quantitative estimate of drug-likeness (QED) is 0.787. The van der Waals surface area contributed by atoms with E-state index in [4.69, 9.17) is 5.73 Å². The molecule has 0 spiro atoms. The van der Waals surface area contributed by atoms with Gasteiger partial charge in [-0.2, -0.15) is 0 Å². The van der Waals surface area contributed by atoms with Gasteiger partial charge >= 0.3 is 0 Å². The second-order valence-electron chi connectivity index (χ2n) is 4.76. The largest absolute Gasteiger partial charge is 0.330 e. The lowest BCUT2D eigenvalue weighted by atomic mass is 10.0. The van der Waals surface area contributed by atoms with E-state index in [-0.39, 0.29) is 0 Å². The minimum atomic E-state index is 0.547. The first-order chi connectivity index (χ1) is 8.70. The molecule has 0 radical (unpaired) electrons. The Labute approximate surface area is 109 Å². The van der Waals surface area contributed by atoms with E-state index < -0.39 is 0 Å². The molecule has 94 valence electrons. The summed E-state index contributed by atoms with van der Waals surface area (Å²) in [4.78, 5) is 0.953. The zero-order chi connectivity index (χ0) is 12.7. The van der Waals surface area contributed by atoms with Crippen LogP contribution in [0, 0.1) is 0 Å². The summed E-state index contributed by atoms with van der Waals surface area (Å²) < 4.78 is 3.39. The van der Waals surface area contributed by atoms with Crippen molar-refractivity contribution in [2.75, 3.05) is 6.54 Å². The highest BCUT2D eigenvalue weighted by Crippen LogP contribution is 2.29. The first kappa shape index (κ1) is 11.6. The molecule has 2 N–H and O–H groups in total. The minimum absolute atomic E-state index is 0.547. The number of aromatic nitrogens is 3. The van der Waals surface area contributed by atoms with Crippen molar-refractivity contribution in [1.82, 2.24) is 14.6 Å². The van der Waals surface area contributed by atoms with Crippen molar-refractivity contribution in [2.45, 2.75) is 26.2 Å². The third-order valence-electron chi connectivity index (χ3n) is 3.16. The fourth-order valence-electron chi connectivity index (χ4n) is 2.15. The van der Waals surface area contributed by atoms with Crippen LogP contribution in [0.15, 0.2) is 18.2 Å². The molecule has 0 fully saturated rings. The summed E-state index contributed by atoms with van der Waals surface area (Å²) in [7, 11) is 0.